The molecule has 1 unspecified atom stereocenters. The van der Waals surface area contributed by atoms with E-state index in [0.717, 1.165) is 19.3 Å². The van der Waals surface area contributed by atoms with E-state index >= 15 is 0 Å². The van der Waals surface area contributed by atoms with Crippen LogP contribution in [0.25, 0.3) is 0 Å². The molecule has 0 amide bonds. The topological polar surface area (TPSA) is 46.5 Å². The summed E-state index contributed by atoms with van der Waals surface area (Å²) in [5.74, 6) is -0.322. The van der Waals surface area contributed by atoms with Crippen molar-refractivity contribution in [3.05, 3.63) is 0 Å². The predicted molar refractivity (Wildman–Crippen MR) is 61.7 cm³/mol. The minimum absolute atomic E-state index is 0. The van der Waals surface area contributed by atoms with Gasteiger partial charge in [-0.25, -0.2) is 0 Å². The second-order valence-corrected chi connectivity index (χ2v) is 4.01. The third-order valence-corrected chi connectivity index (χ3v) is 2.37. The Labute approximate surface area is 123 Å². The second kappa shape index (κ2) is 13.5. The Hall–Kier alpha value is 0.430. The van der Waals surface area contributed by atoms with E-state index in [1.807, 2.05) is 0 Å². The van der Waals surface area contributed by atoms with Crippen molar-refractivity contribution >= 4 is 5.97 Å². The van der Waals surface area contributed by atoms with Gasteiger partial charge in [0, 0.05) is 6.92 Å². The van der Waals surface area contributed by atoms with Crippen molar-refractivity contribution in [3.63, 3.8) is 0 Å². The van der Waals surface area contributed by atoms with Gasteiger partial charge < -0.3 is 11.3 Å². The van der Waals surface area contributed by atoms with E-state index in [-0.39, 0.29) is 43.6 Å². The van der Waals surface area contributed by atoms with Gasteiger partial charge in [-0.05, 0) is 6.42 Å². The van der Waals surface area contributed by atoms with Gasteiger partial charge in [0.1, 0.15) is 6.61 Å². The van der Waals surface area contributed by atoms with E-state index in [4.69, 9.17) is 4.74 Å². The molecule has 16 heavy (non-hydrogen) atoms. The van der Waals surface area contributed by atoms with Crippen LogP contribution in [0.2, 0.25) is 0 Å². The van der Waals surface area contributed by atoms with Gasteiger partial charge in [-0.1, -0.05) is 45.4 Å². The van der Waals surface area contributed by atoms with Crippen LogP contribution in [-0.2, 0) is 9.53 Å². The summed E-state index contributed by atoms with van der Waals surface area (Å²) in [6, 6.07) is 0. The number of hydrogen-bond donors (Lipinski definition) is 1. The molecule has 0 spiro atoms. The summed E-state index contributed by atoms with van der Waals surface area (Å²) in [7, 11) is 0. The van der Waals surface area contributed by atoms with Gasteiger partial charge in [-0.15, -0.1) is 0 Å². The van der Waals surface area contributed by atoms with E-state index in [2.05, 4.69) is 6.92 Å². The van der Waals surface area contributed by atoms with Gasteiger partial charge in [0.15, 0.2) is 0 Å². The minimum Gasteiger partial charge on any atom is -1.00 e. The van der Waals surface area contributed by atoms with Gasteiger partial charge in [0.25, 0.3) is 0 Å². The Morgan fingerprint density at radius 1 is 1.25 bits per heavy atom. The summed E-state index contributed by atoms with van der Waals surface area (Å²) in [6.45, 7) is 3.70. The standard InChI is InChI=1S/C12H24O3.Na.H/c1-3-4-5-6-7-8-9-12(14)10-15-11(2)13;;/h12,14H,3-10H2,1-2H3;;/q;+1;-1. The molecule has 0 aliphatic heterocycles. The van der Waals surface area contributed by atoms with Gasteiger partial charge in [0.05, 0.1) is 6.10 Å². The van der Waals surface area contributed by atoms with Crippen LogP contribution >= 0.6 is 0 Å². The molecule has 0 aromatic heterocycles. The fraction of sp³-hybridized carbons (Fsp3) is 0.917. The van der Waals surface area contributed by atoms with Crippen molar-refractivity contribution in [2.24, 2.45) is 0 Å². The molecule has 1 atom stereocenters. The summed E-state index contributed by atoms with van der Waals surface area (Å²) in [5, 5.41) is 9.42. The second-order valence-electron chi connectivity index (χ2n) is 4.01. The molecule has 4 heteroatoms. The summed E-state index contributed by atoms with van der Waals surface area (Å²) >= 11 is 0. The van der Waals surface area contributed by atoms with Crippen LogP contribution in [-0.4, -0.2) is 23.8 Å². The summed E-state index contributed by atoms with van der Waals surface area (Å²) in [6.07, 6.45) is 7.53. The Morgan fingerprint density at radius 3 is 2.38 bits per heavy atom. The number of hydrogen-bond acceptors (Lipinski definition) is 3. The summed E-state index contributed by atoms with van der Waals surface area (Å²) in [5.41, 5.74) is 0. The summed E-state index contributed by atoms with van der Waals surface area (Å²) < 4.78 is 4.71. The zero-order valence-corrected chi connectivity index (χ0v) is 13.0. The first-order valence-electron chi connectivity index (χ1n) is 5.98. The van der Waals surface area contributed by atoms with Crippen molar-refractivity contribution in [3.8, 4) is 0 Å². The first kappa shape index (κ1) is 18.8. The molecule has 0 radical (unpaired) electrons. The van der Waals surface area contributed by atoms with Crippen LogP contribution in [0.4, 0.5) is 0 Å². The number of aliphatic hydroxyl groups is 1. The van der Waals surface area contributed by atoms with Crippen molar-refractivity contribution in [2.45, 2.75) is 64.9 Å². The monoisotopic (exact) mass is 240 g/mol. The van der Waals surface area contributed by atoms with Gasteiger partial charge >= 0.3 is 35.5 Å². The molecule has 0 heterocycles. The summed E-state index contributed by atoms with van der Waals surface area (Å²) in [4.78, 5) is 10.5. The number of carbonyl (C=O) groups is 1. The smallest absolute Gasteiger partial charge is 1.00 e. The zero-order valence-electron chi connectivity index (χ0n) is 12.0. The molecule has 0 aliphatic rings. The number of unbranched alkanes of at least 4 members (excludes halogenated alkanes) is 5. The maximum atomic E-state index is 10.5. The average molecular weight is 240 g/mol. The molecule has 0 aromatic carbocycles. The van der Waals surface area contributed by atoms with E-state index < -0.39 is 6.10 Å². The number of rotatable bonds is 9. The van der Waals surface area contributed by atoms with Crippen LogP contribution in [0.1, 0.15) is 60.2 Å². The molecule has 0 saturated carbocycles. The fourth-order valence-corrected chi connectivity index (χ4v) is 1.46. The molecule has 0 saturated heterocycles. The third-order valence-electron chi connectivity index (χ3n) is 2.37. The molecular weight excluding hydrogens is 215 g/mol. The number of carbonyl (C=O) groups excluding carboxylic acids is 1. The van der Waals surface area contributed by atoms with Crippen molar-refractivity contribution in [1.29, 1.82) is 0 Å². The SMILES string of the molecule is CCCCCCCCC(O)COC(C)=O.[H-].[Na+]. The molecule has 92 valence electrons. The molecule has 0 rings (SSSR count). The number of ether oxygens (including phenoxy) is 1. The molecule has 3 nitrogen and oxygen atoms in total. The van der Waals surface area contributed by atoms with E-state index in [1.54, 1.807) is 0 Å². The van der Waals surface area contributed by atoms with Crippen LogP contribution < -0.4 is 29.6 Å². The zero-order chi connectivity index (χ0) is 11.5. The van der Waals surface area contributed by atoms with Crippen molar-refractivity contribution in [2.75, 3.05) is 6.61 Å². The molecule has 1 N–H and O–H groups in total. The molecular formula is C12H25NaO3. The number of esters is 1. The first-order valence-corrected chi connectivity index (χ1v) is 5.98. The minimum atomic E-state index is -0.486. The Morgan fingerprint density at radius 2 is 1.81 bits per heavy atom. The van der Waals surface area contributed by atoms with Gasteiger partial charge in [-0.3, -0.25) is 4.79 Å². The predicted octanol–water partition coefficient (Wildman–Crippen LogP) is -0.222. The maximum Gasteiger partial charge on any atom is 1.00 e. The van der Waals surface area contributed by atoms with Gasteiger partial charge in [0.2, 0.25) is 0 Å². The van der Waals surface area contributed by atoms with E-state index in [9.17, 15) is 9.90 Å². The van der Waals surface area contributed by atoms with E-state index in [1.165, 1.54) is 32.6 Å². The number of aliphatic hydroxyl groups excluding tert-OH is 1. The average Bonchev–Trinajstić information content (AvgIpc) is 2.20. The maximum absolute atomic E-state index is 10.5. The van der Waals surface area contributed by atoms with Crippen molar-refractivity contribution < 1.29 is 45.6 Å². The third kappa shape index (κ3) is 14.4. The van der Waals surface area contributed by atoms with Crippen LogP contribution in [0, 0.1) is 0 Å². The Kier molecular flexibility index (Phi) is 15.8. The molecule has 0 fully saturated rings. The molecule has 0 aromatic rings. The molecule has 0 bridgehead atoms. The van der Waals surface area contributed by atoms with Crippen LogP contribution in [0.15, 0.2) is 0 Å². The Balaban J connectivity index is -0.000000980. The fourth-order valence-electron chi connectivity index (χ4n) is 1.46. The van der Waals surface area contributed by atoms with Gasteiger partial charge in [-0.2, -0.15) is 0 Å². The molecule has 0 aliphatic carbocycles. The van der Waals surface area contributed by atoms with Crippen LogP contribution in [0.3, 0.4) is 0 Å². The normalized spacial score (nSPS) is 11.7. The van der Waals surface area contributed by atoms with Crippen LogP contribution in [0.5, 0.6) is 0 Å². The first-order chi connectivity index (χ1) is 7.16. The Bertz CT molecular complexity index is 168. The quantitative estimate of drug-likeness (QED) is 0.344. The largest absolute Gasteiger partial charge is 1.00 e. The van der Waals surface area contributed by atoms with Crippen molar-refractivity contribution in [1.82, 2.24) is 0 Å². The van der Waals surface area contributed by atoms with E-state index in [0.29, 0.717) is 0 Å².